The van der Waals surface area contributed by atoms with E-state index in [9.17, 15) is 8.42 Å². The summed E-state index contributed by atoms with van der Waals surface area (Å²) in [6.07, 6.45) is 10.1. The second kappa shape index (κ2) is 7.86. The molecule has 8 nitrogen and oxygen atoms in total. The molecule has 0 spiro atoms. The van der Waals surface area contributed by atoms with E-state index in [1.165, 1.54) is 19.3 Å². The fourth-order valence-corrected chi connectivity index (χ4v) is 4.55. The molecule has 0 saturated heterocycles. The first-order valence-corrected chi connectivity index (χ1v) is 11.2. The summed E-state index contributed by atoms with van der Waals surface area (Å²) in [5, 5.41) is 4.94. The van der Waals surface area contributed by atoms with Gasteiger partial charge in [-0.05, 0) is 30.3 Å². The number of rotatable bonds is 5. The van der Waals surface area contributed by atoms with Gasteiger partial charge < -0.3 is 0 Å². The number of pyridine rings is 3. The molecule has 5 rings (SSSR count). The Balaban J connectivity index is 1.49. The van der Waals surface area contributed by atoms with Crippen LogP contribution in [0.25, 0.3) is 27.7 Å². The van der Waals surface area contributed by atoms with E-state index in [-0.39, 0.29) is 4.90 Å². The molecular formula is C23H18N6O2S. The standard InChI is InChI=1S/C23H18N6O2S/c1-28(32(30,31)21-8-2-5-17-6-4-12-25-23(17)21)27-15-20-14-26-22-10-9-19(16-29(20)22)18-7-3-11-24-13-18/h2-16H,1H3. The summed E-state index contributed by atoms with van der Waals surface area (Å²) >= 11 is 0. The summed E-state index contributed by atoms with van der Waals surface area (Å²) < 4.78 is 29.1. The summed E-state index contributed by atoms with van der Waals surface area (Å²) in [4.78, 5) is 12.9. The zero-order valence-corrected chi connectivity index (χ0v) is 17.9. The van der Waals surface area contributed by atoms with Crippen molar-refractivity contribution < 1.29 is 8.42 Å². The summed E-state index contributed by atoms with van der Waals surface area (Å²) in [5.41, 5.74) is 3.70. The fraction of sp³-hybridized carbons (Fsp3) is 0.0435. The Morgan fingerprint density at radius 3 is 2.62 bits per heavy atom. The third-order valence-electron chi connectivity index (χ3n) is 5.10. The molecule has 5 aromatic rings. The maximum absolute atomic E-state index is 13.2. The van der Waals surface area contributed by atoms with Gasteiger partial charge in [0.25, 0.3) is 10.0 Å². The van der Waals surface area contributed by atoms with Crippen LogP contribution in [0.2, 0.25) is 0 Å². The minimum Gasteiger partial charge on any atom is -0.298 e. The quantitative estimate of drug-likeness (QED) is 0.306. The van der Waals surface area contributed by atoms with Crippen LogP contribution in [0.3, 0.4) is 0 Å². The van der Waals surface area contributed by atoms with E-state index in [0.29, 0.717) is 11.2 Å². The van der Waals surface area contributed by atoms with E-state index in [2.05, 4.69) is 20.1 Å². The van der Waals surface area contributed by atoms with E-state index in [1.807, 2.05) is 47.0 Å². The Bertz CT molecular complexity index is 1560. The Hall–Kier alpha value is -4.11. The number of imidazole rings is 1. The van der Waals surface area contributed by atoms with Crippen LogP contribution in [0.1, 0.15) is 5.69 Å². The first-order valence-electron chi connectivity index (χ1n) is 9.78. The molecule has 4 aromatic heterocycles. The van der Waals surface area contributed by atoms with Crippen molar-refractivity contribution in [2.24, 2.45) is 5.10 Å². The monoisotopic (exact) mass is 442 g/mol. The first-order chi connectivity index (χ1) is 15.5. The topological polar surface area (TPSA) is 92.8 Å². The van der Waals surface area contributed by atoms with Crippen molar-refractivity contribution in [2.75, 3.05) is 7.05 Å². The summed E-state index contributed by atoms with van der Waals surface area (Å²) in [6, 6.07) is 16.3. The van der Waals surface area contributed by atoms with Crippen LogP contribution in [0.4, 0.5) is 0 Å². The molecule has 1 aromatic carbocycles. The molecule has 0 saturated carbocycles. The van der Waals surface area contributed by atoms with Crippen LogP contribution < -0.4 is 0 Å². The number of hydrogen-bond donors (Lipinski definition) is 0. The Kier molecular flexibility index (Phi) is 4.87. The number of fused-ring (bicyclic) bond motifs is 2. The van der Waals surface area contributed by atoms with Gasteiger partial charge in [0.1, 0.15) is 10.5 Å². The number of sulfonamides is 1. The highest BCUT2D eigenvalue weighted by atomic mass is 32.2. The van der Waals surface area contributed by atoms with Gasteiger partial charge in [-0.25, -0.2) is 4.98 Å². The molecule has 0 aliphatic carbocycles. The molecular weight excluding hydrogens is 424 g/mol. The number of aromatic nitrogens is 4. The SMILES string of the molecule is CN(N=Cc1cnc2ccc(-c3cccnc3)cn12)S(=O)(=O)c1cccc2cccnc12. The third kappa shape index (κ3) is 3.48. The van der Waals surface area contributed by atoms with E-state index in [4.69, 9.17) is 0 Å². The molecule has 0 radical (unpaired) electrons. The van der Waals surface area contributed by atoms with Gasteiger partial charge in [-0.15, -0.1) is 0 Å². The van der Waals surface area contributed by atoms with E-state index < -0.39 is 10.0 Å². The normalized spacial score (nSPS) is 12.0. The largest absolute Gasteiger partial charge is 0.298 e. The minimum absolute atomic E-state index is 0.104. The first kappa shape index (κ1) is 19.8. The summed E-state index contributed by atoms with van der Waals surface area (Å²) in [7, 11) is -2.49. The van der Waals surface area contributed by atoms with Crippen molar-refractivity contribution in [2.45, 2.75) is 4.90 Å². The Morgan fingerprint density at radius 2 is 1.78 bits per heavy atom. The van der Waals surface area contributed by atoms with Crippen LogP contribution in [-0.4, -0.2) is 45.4 Å². The molecule has 0 fully saturated rings. The van der Waals surface area contributed by atoms with Gasteiger partial charge in [0.15, 0.2) is 0 Å². The van der Waals surface area contributed by atoms with Gasteiger partial charge in [0, 0.05) is 48.3 Å². The Morgan fingerprint density at radius 1 is 0.938 bits per heavy atom. The Labute approximate surface area is 184 Å². The predicted molar refractivity (Wildman–Crippen MR) is 123 cm³/mol. The minimum atomic E-state index is -3.89. The van der Waals surface area contributed by atoms with E-state index in [0.717, 1.165) is 26.6 Å². The van der Waals surface area contributed by atoms with Gasteiger partial charge in [0.2, 0.25) is 0 Å². The van der Waals surface area contributed by atoms with Gasteiger partial charge in [-0.1, -0.05) is 24.3 Å². The maximum atomic E-state index is 13.2. The smallest absolute Gasteiger partial charge is 0.280 e. The average molecular weight is 443 g/mol. The zero-order valence-electron chi connectivity index (χ0n) is 17.1. The molecule has 0 aliphatic heterocycles. The molecule has 0 unspecified atom stereocenters. The lowest BCUT2D eigenvalue weighted by atomic mass is 10.1. The van der Waals surface area contributed by atoms with Crippen LogP contribution in [-0.2, 0) is 10.0 Å². The molecule has 0 amide bonds. The molecule has 158 valence electrons. The molecule has 4 heterocycles. The van der Waals surface area contributed by atoms with Crippen molar-refractivity contribution in [3.63, 3.8) is 0 Å². The number of hydrogen-bond acceptors (Lipinski definition) is 6. The number of benzene rings is 1. The van der Waals surface area contributed by atoms with Crippen molar-refractivity contribution in [3.8, 4) is 11.1 Å². The maximum Gasteiger partial charge on any atom is 0.280 e. The van der Waals surface area contributed by atoms with Gasteiger partial charge in [-0.3, -0.25) is 14.4 Å². The number of para-hydroxylation sites is 1. The second-order valence-electron chi connectivity index (χ2n) is 7.09. The molecule has 0 aliphatic rings. The molecule has 0 bridgehead atoms. The van der Waals surface area contributed by atoms with E-state index >= 15 is 0 Å². The summed E-state index contributed by atoms with van der Waals surface area (Å²) in [5.74, 6) is 0. The molecule has 0 atom stereocenters. The van der Waals surface area contributed by atoms with Crippen molar-refractivity contribution in [1.29, 1.82) is 0 Å². The zero-order chi connectivity index (χ0) is 22.1. The highest BCUT2D eigenvalue weighted by molar-refractivity contribution is 7.89. The highest BCUT2D eigenvalue weighted by Crippen LogP contribution is 2.24. The van der Waals surface area contributed by atoms with Crippen molar-refractivity contribution in [1.82, 2.24) is 23.8 Å². The lowest BCUT2D eigenvalue weighted by Crippen LogP contribution is -2.22. The molecule has 32 heavy (non-hydrogen) atoms. The fourth-order valence-electron chi connectivity index (χ4n) is 3.43. The van der Waals surface area contributed by atoms with Gasteiger partial charge in [-0.2, -0.15) is 17.9 Å². The van der Waals surface area contributed by atoms with Gasteiger partial charge in [0.05, 0.1) is 23.6 Å². The van der Waals surface area contributed by atoms with Crippen LogP contribution in [0, 0.1) is 0 Å². The van der Waals surface area contributed by atoms with Crippen molar-refractivity contribution >= 4 is 32.8 Å². The van der Waals surface area contributed by atoms with Gasteiger partial charge >= 0.3 is 0 Å². The third-order valence-corrected chi connectivity index (χ3v) is 6.78. The van der Waals surface area contributed by atoms with Crippen LogP contribution in [0.15, 0.2) is 95.6 Å². The average Bonchev–Trinajstić information content (AvgIpc) is 3.24. The van der Waals surface area contributed by atoms with Crippen molar-refractivity contribution in [3.05, 3.63) is 91.3 Å². The lowest BCUT2D eigenvalue weighted by Gasteiger charge is -2.14. The van der Waals surface area contributed by atoms with Crippen LogP contribution in [0.5, 0.6) is 0 Å². The lowest BCUT2D eigenvalue weighted by molar-refractivity contribution is 0.491. The predicted octanol–water partition coefficient (Wildman–Crippen LogP) is 3.60. The molecule has 9 heteroatoms. The van der Waals surface area contributed by atoms with E-state index in [1.54, 1.807) is 36.9 Å². The second-order valence-corrected chi connectivity index (χ2v) is 9.00. The highest BCUT2D eigenvalue weighted by Gasteiger charge is 2.22. The number of hydrazone groups is 1. The number of nitrogens with zero attached hydrogens (tertiary/aromatic N) is 6. The summed E-state index contributed by atoms with van der Waals surface area (Å²) in [6.45, 7) is 0. The molecule has 0 N–H and O–H groups in total. The van der Waals surface area contributed by atoms with Crippen LogP contribution >= 0.6 is 0 Å².